The fourth-order valence-electron chi connectivity index (χ4n) is 2.59. The van der Waals surface area contributed by atoms with Crippen LogP contribution in [0.1, 0.15) is 16.8 Å². The number of benzene rings is 1. The van der Waals surface area contributed by atoms with E-state index < -0.39 is 18.2 Å². The molecule has 0 unspecified atom stereocenters. The van der Waals surface area contributed by atoms with Crippen molar-refractivity contribution in [3.8, 4) is 11.5 Å². The first-order chi connectivity index (χ1) is 11.0. The van der Waals surface area contributed by atoms with Crippen LogP contribution in [-0.4, -0.2) is 66.6 Å². The number of hydrogen-bond acceptors (Lipinski definition) is 5. The number of rotatable bonds is 4. The highest BCUT2D eigenvalue weighted by atomic mass is 16.5. The number of piperidine rings is 1. The zero-order chi connectivity index (χ0) is 17.0. The Morgan fingerprint density at radius 3 is 2.52 bits per heavy atom. The summed E-state index contributed by atoms with van der Waals surface area (Å²) in [5, 5.41) is 21.0. The van der Waals surface area contributed by atoms with Gasteiger partial charge in [-0.25, -0.2) is 4.79 Å². The van der Waals surface area contributed by atoms with Crippen LogP contribution in [0.15, 0.2) is 18.2 Å². The lowest BCUT2D eigenvalue weighted by Crippen LogP contribution is -2.55. The maximum Gasteiger partial charge on any atom is 0.404 e. The van der Waals surface area contributed by atoms with E-state index in [1.54, 1.807) is 18.2 Å². The molecule has 1 aromatic carbocycles. The molecule has 1 aromatic rings. The summed E-state index contributed by atoms with van der Waals surface area (Å²) in [4.78, 5) is 24.7. The number of β-amino-alcohol motifs (C(OH)–C–C–N with tert-alkyl or cyclic N) is 1. The Morgan fingerprint density at radius 1 is 1.26 bits per heavy atom. The van der Waals surface area contributed by atoms with Crippen LogP contribution in [0.2, 0.25) is 0 Å². The van der Waals surface area contributed by atoms with Crippen LogP contribution in [0.25, 0.3) is 0 Å². The summed E-state index contributed by atoms with van der Waals surface area (Å²) < 4.78 is 10.3. The third kappa shape index (κ3) is 3.84. The highest BCUT2D eigenvalue weighted by Crippen LogP contribution is 2.28. The van der Waals surface area contributed by atoms with Crippen molar-refractivity contribution < 1.29 is 29.3 Å². The Labute approximate surface area is 133 Å². The maximum absolute atomic E-state index is 12.5. The number of likely N-dealkylation sites (tertiary alicyclic amines) is 1. The van der Waals surface area contributed by atoms with Crippen LogP contribution >= 0.6 is 0 Å². The minimum Gasteiger partial charge on any atom is -0.493 e. The molecule has 1 fully saturated rings. The Balaban J connectivity index is 2.08. The Bertz CT molecular complexity index is 591. The van der Waals surface area contributed by atoms with Crippen LogP contribution in [0.3, 0.4) is 0 Å². The second kappa shape index (κ2) is 7.19. The number of carboxylic acid groups (broad SMARTS) is 1. The van der Waals surface area contributed by atoms with E-state index in [1.807, 2.05) is 0 Å². The number of carbonyl (C=O) groups is 2. The number of ether oxygens (including phenoxy) is 2. The van der Waals surface area contributed by atoms with Gasteiger partial charge in [0, 0.05) is 18.7 Å². The second-order valence-electron chi connectivity index (χ2n) is 5.23. The third-order valence-electron chi connectivity index (χ3n) is 3.81. The predicted octanol–water partition coefficient (Wildman–Crippen LogP) is 0.547. The average molecular weight is 324 g/mol. The highest BCUT2D eigenvalue weighted by molar-refractivity contribution is 5.95. The van der Waals surface area contributed by atoms with Crippen molar-refractivity contribution >= 4 is 12.0 Å². The molecule has 1 saturated heterocycles. The van der Waals surface area contributed by atoms with Gasteiger partial charge in [0.1, 0.15) is 0 Å². The van der Waals surface area contributed by atoms with Crippen molar-refractivity contribution in [2.24, 2.45) is 0 Å². The maximum atomic E-state index is 12.5. The van der Waals surface area contributed by atoms with E-state index >= 15 is 0 Å². The molecule has 2 atom stereocenters. The number of aliphatic hydroxyl groups is 1. The van der Waals surface area contributed by atoms with Gasteiger partial charge in [-0.2, -0.15) is 0 Å². The summed E-state index contributed by atoms with van der Waals surface area (Å²) in [6, 6.07) is 4.27. The molecule has 8 nitrogen and oxygen atoms in total. The smallest absolute Gasteiger partial charge is 0.404 e. The Hall–Kier alpha value is -2.48. The summed E-state index contributed by atoms with van der Waals surface area (Å²) >= 11 is 0. The summed E-state index contributed by atoms with van der Waals surface area (Å²) in [6.45, 7) is 0.424. The molecule has 0 aromatic heterocycles. The minimum atomic E-state index is -1.19. The molecular weight excluding hydrogens is 304 g/mol. The predicted molar refractivity (Wildman–Crippen MR) is 81.0 cm³/mol. The Kier molecular flexibility index (Phi) is 5.28. The average Bonchev–Trinajstić information content (AvgIpc) is 2.55. The van der Waals surface area contributed by atoms with Gasteiger partial charge in [-0.15, -0.1) is 0 Å². The van der Waals surface area contributed by atoms with Crippen molar-refractivity contribution in [1.82, 2.24) is 10.2 Å². The van der Waals surface area contributed by atoms with Crippen LogP contribution in [0.4, 0.5) is 4.79 Å². The summed E-state index contributed by atoms with van der Waals surface area (Å²) in [5.74, 6) is 0.716. The van der Waals surface area contributed by atoms with Gasteiger partial charge in [0.25, 0.3) is 5.91 Å². The van der Waals surface area contributed by atoms with E-state index in [0.717, 1.165) is 0 Å². The summed E-state index contributed by atoms with van der Waals surface area (Å²) in [5.41, 5.74) is 0.416. The lowest BCUT2D eigenvalue weighted by atomic mass is 10.0. The fraction of sp³-hybridized carbons (Fsp3) is 0.467. The van der Waals surface area contributed by atoms with Crippen molar-refractivity contribution in [3.05, 3.63) is 23.8 Å². The van der Waals surface area contributed by atoms with Gasteiger partial charge >= 0.3 is 6.09 Å². The van der Waals surface area contributed by atoms with Crippen molar-refractivity contribution in [1.29, 1.82) is 0 Å². The second-order valence-corrected chi connectivity index (χ2v) is 5.23. The number of nitrogens with zero attached hydrogens (tertiary/aromatic N) is 1. The molecule has 3 N–H and O–H groups in total. The van der Waals surface area contributed by atoms with E-state index in [1.165, 1.54) is 19.1 Å². The standard InChI is InChI=1S/C15H20N2O6/c1-22-12-4-3-9(7-13(12)23-2)14(19)17-6-5-10(11(18)8-17)16-15(20)21/h3-4,7,10-11,16,18H,5-6,8H2,1-2H3,(H,20,21)/t10-,11+/m0/s1. The monoisotopic (exact) mass is 324 g/mol. The van der Waals surface area contributed by atoms with Crippen molar-refractivity contribution in [2.45, 2.75) is 18.6 Å². The first-order valence-electron chi connectivity index (χ1n) is 7.15. The van der Waals surface area contributed by atoms with Crippen LogP contribution in [0, 0.1) is 0 Å². The molecule has 126 valence electrons. The number of aliphatic hydroxyl groups excluding tert-OH is 1. The third-order valence-corrected chi connectivity index (χ3v) is 3.81. The van der Waals surface area contributed by atoms with E-state index in [4.69, 9.17) is 14.6 Å². The highest BCUT2D eigenvalue weighted by Gasteiger charge is 2.31. The zero-order valence-corrected chi connectivity index (χ0v) is 13.0. The molecule has 0 spiro atoms. The first-order valence-corrected chi connectivity index (χ1v) is 7.15. The topological polar surface area (TPSA) is 108 Å². The van der Waals surface area contributed by atoms with Crippen LogP contribution in [-0.2, 0) is 0 Å². The van der Waals surface area contributed by atoms with Crippen molar-refractivity contribution in [3.63, 3.8) is 0 Å². The van der Waals surface area contributed by atoms with Gasteiger partial charge in [0.15, 0.2) is 11.5 Å². The van der Waals surface area contributed by atoms with E-state index in [0.29, 0.717) is 30.0 Å². The molecule has 0 saturated carbocycles. The van der Waals surface area contributed by atoms with Crippen molar-refractivity contribution in [2.75, 3.05) is 27.3 Å². The quantitative estimate of drug-likeness (QED) is 0.746. The lowest BCUT2D eigenvalue weighted by Gasteiger charge is -2.35. The lowest BCUT2D eigenvalue weighted by molar-refractivity contribution is 0.0327. The molecule has 2 amide bonds. The zero-order valence-electron chi connectivity index (χ0n) is 13.0. The molecule has 8 heteroatoms. The molecule has 1 aliphatic heterocycles. The molecule has 0 aliphatic carbocycles. The van der Waals surface area contributed by atoms with Gasteiger partial charge in [-0.1, -0.05) is 0 Å². The Morgan fingerprint density at radius 2 is 1.96 bits per heavy atom. The number of methoxy groups -OCH3 is 2. The molecular formula is C15H20N2O6. The van der Waals surface area contributed by atoms with Gasteiger partial charge in [-0.3, -0.25) is 4.79 Å². The van der Waals surface area contributed by atoms with E-state index in [-0.39, 0.29) is 12.5 Å². The number of hydrogen-bond donors (Lipinski definition) is 3. The molecule has 1 aliphatic rings. The molecule has 0 bridgehead atoms. The molecule has 2 rings (SSSR count). The van der Waals surface area contributed by atoms with Gasteiger partial charge in [0.05, 0.1) is 26.4 Å². The molecule has 1 heterocycles. The van der Waals surface area contributed by atoms with Gasteiger partial charge in [-0.05, 0) is 24.6 Å². The SMILES string of the molecule is COc1ccc(C(=O)N2CC[C@H](NC(=O)O)[C@H](O)C2)cc1OC. The summed E-state index contributed by atoms with van der Waals surface area (Å²) in [6.07, 6.45) is -1.77. The largest absolute Gasteiger partial charge is 0.493 e. The normalized spacial score (nSPS) is 20.7. The van der Waals surface area contributed by atoms with E-state index in [9.17, 15) is 14.7 Å². The minimum absolute atomic E-state index is 0.0676. The molecule has 23 heavy (non-hydrogen) atoms. The fourth-order valence-corrected chi connectivity index (χ4v) is 2.59. The number of amides is 2. The van der Waals surface area contributed by atoms with Gasteiger partial charge in [0.2, 0.25) is 0 Å². The van der Waals surface area contributed by atoms with Gasteiger partial charge < -0.3 is 29.9 Å². The van der Waals surface area contributed by atoms with Crippen LogP contribution in [0.5, 0.6) is 11.5 Å². The van der Waals surface area contributed by atoms with E-state index in [2.05, 4.69) is 5.32 Å². The number of nitrogens with one attached hydrogen (secondary N) is 1. The summed E-state index contributed by atoms with van der Waals surface area (Å²) in [7, 11) is 2.99. The van der Waals surface area contributed by atoms with Crippen LogP contribution < -0.4 is 14.8 Å². The molecule has 0 radical (unpaired) electrons. The first kappa shape index (κ1) is 16.9. The number of carbonyl (C=O) groups excluding carboxylic acids is 1.